The number of benzene rings is 2. The maximum Gasteiger partial charge on any atom is 0.573 e. The Morgan fingerprint density at radius 3 is 2.33 bits per heavy atom. The molecule has 0 bridgehead atoms. The third-order valence-electron chi connectivity index (χ3n) is 4.54. The van der Waals surface area contributed by atoms with E-state index >= 15 is 0 Å². The van der Waals surface area contributed by atoms with E-state index in [4.69, 9.17) is 21.1 Å². The topological polar surface area (TPSA) is 48.0 Å². The number of carbonyl (C=O) groups is 1. The molecule has 3 rings (SSSR count). The van der Waals surface area contributed by atoms with Crippen LogP contribution in [0.1, 0.15) is 23.4 Å². The standard InChI is InChI=1S/C20H19ClF3NO4S/c1-11-18(26)25(10-12-4-6-13(7-5-12)29-20(22,23)24)19(30-11)16-15(27-2)9-8-14(21)17(16)28-3/h4-9,11,19H,10H2,1-3H3. The van der Waals surface area contributed by atoms with E-state index in [0.29, 0.717) is 27.6 Å². The molecule has 30 heavy (non-hydrogen) atoms. The molecular weight excluding hydrogens is 443 g/mol. The minimum absolute atomic E-state index is 0.107. The normalized spacial score (nSPS) is 19.2. The van der Waals surface area contributed by atoms with E-state index in [9.17, 15) is 18.0 Å². The Hall–Kier alpha value is -2.26. The fourth-order valence-corrected chi connectivity index (χ4v) is 4.79. The van der Waals surface area contributed by atoms with Gasteiger partial charge in [-0.3, -0.25) is 4.79 Å². The molecule has 2 unspecified atom stereocenters. The van der Waals surface area contributed by atoms with E-state index in [-0.39, 0.29) is 23.5 Å². The van der Waals surface area contributed by atoms with Crippen LogP contribution in [0.15, 0.2) is 36.4 Å². The number of nitrogens with zero attached hydrogens (tertiary/aromatic N) is 1. The van der Waals surface area contributed by atoms with E-state index < -0.39 is 11.7 Å². The van der Waals surface area contributed by atoms with Crippen molar-refractivity contribution in [3.63, 3.8) is 0 Å². The third kappa shape index (κ3) is 4.73. The molecule has 2 aromatic rings. The van der Waals surface area contributed by atoms with E-state index in [2.05, 4.69) is 4.74 Å². The van der Waals surface area contributed by atoms with E-state index in [1.165, 1.54) is 50.2 Å². The lowest BCUT2D eigenvalue weighted by molar-refractivity contribution is -0.274. The van der Waals surface area contributed by atoms with Gasteiger partial charge in [0.2, 0.25) is 5.91 Å². The highest BCUT2D eigenvalue weighted by atomic mass is 35.5. The summed E-state index contributed by atoms with van der Waals surface area (Å²) in [6, 6.07) is 8.77. The summed E-state index contributed by atoms with van der Waals surface area (Å²) in [4.78, 5) is 14.5. The molecule has 1 aliphatic heterocycles. The molecule has 162 valence electrons. The van der Waals surface area contributed by atoms with Crippen LogP contribution in [-0.4, -0.2) is 36.6 Å². The lowest BCUT2D eigenvalue weighted by Crippen LogP contribution is -2.30. The van der Waals surface area contributed by atoms with Crippen LogP contribution in [0.25, 0.3) is 0 Å². The number of carbonyl (C=O) groups excluding carboxylic acids is 1. The van der Waals surface area contributed by atoms with E-state index in [1.54, 1.807) is 24.0 Å². The lowest BCUT2D eigenvalue weighted by Gasteiger charge is -2.27. The summed E-state index contributed by atoms with van der Waals surface area (Å²) >= 11 is 7.71. The van der Waals surface area contributed by atoms with Crippen LogP contribution >= 0.6 is 23.4 Å². The largest absolute Gasteiger partial charge is 0.573 e. The van der Waals surface area contributed by atoms with Crippen LogP contribution in [0.5, 0.6) is 17.2 Å². The van der Waals surface area contributed by atoms with Gasteiger partial charge in [0.1, 0.15) is 22.6 Å². The van der Waals surface area contributed by atoms with Gasteiger partial charge in [-0.1, -0.05) is 23.7 Å². The number of halogens is 4. The van der Waals surface area contributed by atoms with Gasteiger partial charge in [-0.15, -0.1) is 24.9 Å². The zero-order valence-corrected chi connectivity index (χ0v) is 17.9. The van der Waals surface area contributed by atoms with Crippen molar-refractivity contribution in [1.82, 2.24) is 4.90 Å². The molecule has 0 N–H and O–H groups in total. The van der Waals surface area contributed by atoms with Gasteiger partial charge in [0.25, 0.3) is 0 Å². The highest BCUT2D eigenvalue weighted by molar-refractivity contribution is 8.01. The molecule has 0 saturated carbocycles. The molecule has 1 aliphatic rings. The van der Waals surface area contributed by atoms with Gasteiger partial charge < -0.3 is 19.1 Å². The van der Waals surface area contributed by atoms with Crippen LogP contribution in [0.3, 0.4) is 0 Å². The quantitative estimate of drug-likeness (QED) is 0.575. The van der Waals surface area contributed by atoms with E-state index in [0.717, 1.165) is 0 Å². The molecule has 2 atom stereocenters. The number of amides is 1. The summed E-state index contributed by atoms with van der Waals surface area (Å²) in [5.74, 6) is 0.505. The summed E-state index contributed by atoms with van der Waals surface area (Å²) in [5.41, 5.74) is 1.28. The SMILES string of the molecule is COc1ccc(Cl)c(OC)c1C1SC(C)C(=O)N1Cc1ccc(OC(F)(F)F)cc1. The first kappa shape index (κ1) is 22.4. The molecule has 10 heteroatoms. The second-order valence-corrected chi connectivity index (χ2v) is 8.32. The summed E-state index contributed by atoms with van der Waals surface area (Å²) in [7, 11) is 3.00. The highest BCUT2D eigenvalue weighted by Gasteiger charge is 2.41. The second-order valence-electron chi connectivity index (χ2n) is 6.49. The third-order valence-corrected chi connectivity index (χ3v) is 6.19. The van der Waals surface area contributed by atoms with E-state index in [1.807, 2.05) is 0 Å². The number of alkyl halides is 3. The monoisotopic (exact) mass is 461 g/mol. The number of methoxy groups -OCH3 is 2. The van der Waals surface area contributed by atoms with Crippen LogP contribution in [0.2, 0.25) is 5.02 Å². The molecule has 1 heterocycles. The Kier molecular flexibility index (Phi) is 6.62. The van der Waals surface area contributed by atoms with Crippen molar-refractivity contribution < 1.29 is 32.2 Å². The minimum Gasteiger partial charge on any atom is -0.496 e. The summed E-state index contributed by atoms with van der Waals surface area (Å²) in [6.07, 6.45) is -4.76. The molecule has 5 nitrogen and oxygen atoms in total. The van der Waals surface area contributed by atoms with Gasteiger partial charge in [0.05, 0.1) is 30.1 Å². The Bertz CT molecular complexity index is 924. The average Bonchev–Trinajstić information content (AvgIpc) is 2.96. The van der Waals surface area contributed by atoms with Crippen molar-refractivity contribution in [3.8, 4) is 17.2 Å². The van der Waals surface area contributed by atoms with Crippen molar-refractivity contribution in [1.29, 1.82) is 0 Å². The Labute approximate surface area is 181 Å². The molecule has 0 spiro atoms. The van der Waals surface area contributed by atoms with Gasteiger partial charge in [-0.05, 0) is 36.8 Å². The van der Waals surface area contributed by atoms with Gasteiger partial charge in [0, 0.05) is 6.54 Å². The Balaban J connectivity index is 1.92. The predicted octanol–water partition coefficient (Wildman–Crippen LogP) is 5.42. The van der Waals surface area contributed by atoms with Crippen LogP contribution in [0, 0.1) is 0 Å². The summed E-state index contributed by atoms with van der Waals surface area (Å²) in [5, 5.41) is -0.382. The highest BCUT2D eigenvalue weighted by Crippen LogP contribution is 2.51. The maximum atomic E-state index is 12.8. The Morgan fingerprint density at radius 1 is 1.10 bits per heavy atom. The van der Waals surface area contributed by atoms with Gasteiger partial charge in [-0.2, -0.15) is 0 Å². The second kappa shape index (κ2) is 8.85. The fraction of sp³-hybridized carbons (Fsp3) is 0.350. The minimum atomic E-state index is -4.76. The van der Waals surface area contributed by atoms with Gasteiger partial charge in [0.15, 0.2) is 0 Å². The number of rotatable bonds is 6. The Morgan fingerprint density at radius 2 is 1.77 bits per heavy atom. The van der Waals surface area contributed by atoms with Crippen molar-refractivity contribution >= 4 is 29.3 Å². The molecule has 0 radical (unpaired) electrons. The predicted molar refractivity (Wildman–Crippen MR) is 108 cm³/mol. The van der Waals surface area contributed by atoms with Crippen molar-refractivity contribution in [2.45, 2.75) is 30.5 Å². The zero-order chi connectivity index (χ0) is 22.1. The maximum absolute atomic E-state index is 12.8. The lowest BCUT2D eigenvalue weighted by atomic mass is 10.1. The van der Waals surface area contributed by atoms with Crippen LogP contribution in [0.4, 0.5) is 13.2 Å². The summed E-state index contributed by atoms with van der Waals surface area (Å²) < 4.78 is 51.9. The van der Waals surface area contributed by atoms with Crippen LogP contribution in [-0.2, 0) is 11.3 Å². The first-order valence-electron chi connectivity index (χ1n) is 8.85. The molecule has 0 aromatic heterocycles. The van der Waals surface area contributed by atoms with Crippen molar-refractivity contribution in [2.24, 2.45) is 0 Å². The number of ether oxygens (including phenoxy) is 3. The van der Waals surface area contributed by atoms with Gasteiger partial charge >= 0.3 is 6.36 Å². The number of hydrogen-bond acceptors (Lipinski definition) is 5. The molecule has 1 amide bonds. The molecule has 1 fully saturated rings. The number of thioether (sulfide) groups is 1. The fourth-order valence-electron chi connectivity index (χ4n) is 3.23. The van der Waals surface area contributed by atoms with Crippen molar-refractivity contribution in [3.05, 3.63) is 52.5 Å². The molecule has 0 aliphatic carbocycles. The first-order valence-corrected chi connectivity index (χ1v) is 10.2. The molecule has 2 aromatic carbocycles. The number of hydrogen-bond donors (Lipinski definition) is 0. The molecular formula is C20H19ClF3NO4S. The van der Waals surface area contributed by atoms with Crippen molar-refractivity contribution in [2.75, 3.05) is 14.2 Å². The zero-order valence-electron chi connectivity index (χ0n) is 16.3. The van der Waals surface area contributed by atoms with Gasteiger partial charge in [-0.25, -0.2) is 0 Å². The first-order chi connectivity index (χ1) is 14.1. The smallest absolute Gasteiger partial charge is 0.496 e. The molecule has 1 saturated heterocycles. The summed E-state index contributed by atoms with van der Waals surface area (Å²) in [6.45, 7) is 1.98. The van der Waals surface area contributed by atoms with Crippen LogP contribution < -0.4 is 14.2 Å². The average molecular weight is 462 g/mol.